The van der Waals surface area contributed by atoms with Crippen LogP contribution in [-0.4, -0.2) is 28.7 Å². The molecule has 0 aliphatic carbocycles. The lowest BCUT2D eigenvalue weighted by molar-refractivity contribution is 0.000596. The first-order valence-corrected chi connectivity index (χ1v) is 6.13. The molecule has 0 saturated heterocycles. The van der Waals surface area contributed by atoms with Crippen molar-refractivity contribution in [3.05, 3.63) is 18.2 Å². The molecule has 0 atom stereocenters. The van der Waals surface area contributed by atoms with Crippen molar-refractivity contribution < 1.29 is 4.74 Å². The SMILES string of the molecule is CCOC(C)(C)CNc1nc2ccc(N)cc2[nH]1. The minimum atomic E-state index is -0.216. The largest absolute Gasteiger partial charge is 0.399 e. The van der Waals surface area contributed by atoms with Gasteiger partial charge in [-0.3, -0.25) is 0 Å². The smallest absolute Gasteiger partial charge is 0.201 e. The number of nitrogens with zero attached hydrogens (tertiary/aromatic N) is 1. The van der Waals surface area contributed by atoms with Gasteiger partial charge in [-0.05, 0) is 39.0 Å². The summed E-state index contributed by atoms with van der Waals surface area (Å²) in [6.07, 6.45) is 0. The number of hydrogen-bond acceptors (Lipinski definition) is 4. The van der Waals surface area contributed by atoms with Crippen molar-refractivity contribution in [3.63, 3.8) is 0 Å². The third kappa shape index (κ3) is 2.92. The molecule has 0 bridgehead atoms. The number of nitrogens with two attached hydrogens (primary N) is 1. The predicted octanol–water partition coefficient (Wildman–Crippen LogP) is 2.37. The maximum Gasteiger partial charge on any atom is 0.201 e. The summed E-state index contributed by atoms with van der Waals surface area (Å²) in [4.78, 5) is 7.63. The highest BCUT2D eigenvalue weighted by Gasteiger charge is 2.17. The number of nitrogen functional groups attached to an aromatic ring is 1. The Kier molecular flexibility index (Phi) is 3.43. The maximum atomic E-state index is 5.73. The molecule has 0 radical (unpaired) electrons. The Labute approximate surface area is 107 Å². The van der Waals surface area contributed by atoms with E-state index in [2.05, 4.69) is 15.3 Å². The average molecular weight is 248 g/mol. The normalized spacial score (nSPS) is 11.9. The first-order chi connectivity index (χ1) is 8.50. The molecule has 0 aliphatic rings. The molecule has 1 heterocycles. The van der Waals surface area contributed by atoms with Crippen LogP contribution in [0.2, 0.25) is 0 Å². The van der Waals surface area contributed by atoms with Gasteiger partial charge in [0.25, 0.3) is 0 Å². The van der Waals surface area contributed by atoms with Crippen molar-refractivity contribution in [2.24, 2.45) is 0 Å². The Morgan fingerprint density at radius 1 is 1.44 bits per heavy atom. The van der Waals surface area contributed by atoms with Gasteiger partial charge >= 0.3 is 0 Å². The van der Waals surface area contributed by atoms with E-state index in [4.69, 9.17) is 10.5 Å². The van der Waals surface area contributed by atoms with E-state index >= 15 is 0 Å². The Balaban J connectivity index is 2.08. The van der Waals surface area contributed by atoms with E-state index in [1.165, 1.54) is 0 Å². The van der Waals surface area contributed by atoms with Crippen LogP contribution in [0.4, 0.5) is 11.6 Å². The summed E-state index contributed by atoms with van der Waals surface area (Å²) >= 11 is 0. The van der Waals surface area contributed by atoms with Crippen molar-refractivity contribution >= 4 is 22.7 Å². The van der Waals surface area contributed by atoms with Gasteiger partial charge in [-0.1, -0.05) is 0 Å². The first kappa shape index (κ1) is 12.7. The van der Waals surface area contributed by atoms with Gasteiger partial charge in [0.1, 0.15) is 0 Å². The number of aromatic amines is 1. The van der Waals surface area contributed by atoms with E-state index in [1.807, 2.05) is 39.0 Å². The zero-order valence-electron chi connectivity index (χ0n) is 11.1. The molecule has 4 N–H and O–H groups in total. The lowest BCUT2D eigenvalue weighted by atomic mass is 10.1. The molecule has 0 spiro atoms. The fourth-order valence-electron chi connectivity index (χ4n) is 1.85. The number of anilines is 2. The summed E-state index contributed by atoms with van der Waals surface area (Å²) in [6, 6.07) is 5.62. The fraction of sp³-hybridized carbons (Fsp3) is 0.462. The number of ether oxygens (including phenoxy) is 1. The number of imidazole rings is 1. The number of fused-ring (bicyclic) bond motifs is 1. The van der Waals surface area contributed by atoms with Crippen molar-refractivity contribution in [2.45, 2.75) is 26.4 Å². The van der Waals surface area contributed by atoms with E-state index < -0.39 is 0 Å². The minimum Gasteiger partial charge on any atom is -0.399 e. The maximum absolute atomic E-state index is 5.73. The van der Waals surface area contributed by atoms with Gasteiger partial charge in [0.2, 0.25) is 5.95 Å². The zero-order valence-corrected chi connectivity index (χ0v) is 11.1. The van der Waals surface area contributed by atoms with Crippen molar-refractivity contribution in [1.29, 1.82) is 0 Å². The highest BCUT2D eigenvalue weighted by Crippen LogP contribution is 2.18. The Morgan fingerprint density at radius 3 is 2.94 bits per heavy atom. The molecule has 18 heavy (non-hydrogen) atoms. The summed E-state index contributed by atoms with van der Waals surface area (Å²) in [5, 5.41) is 3.25. The van der Waals surface area contributed by atoms with Crippen LogP contribution in [0, 0.1) is 0 Å². The number of hydrogen-bond donors (Lipinski definition) is 3. The molecule has 1 aromatic carbocycles. The molecule has 2 rings (SSSR count). The van der Waals surface area contributed by atoms with Gasteiger partial charge < -0.3 is 20.8 Å². The first-order valence-electron chi connectivity index (χ1n) is 6.13. The molecule has 0 aliphatic heterocycles. The number of benzene rings is 1. The van der Waals surface area contributed by atoms with E-state index in [1.54, 1.807) is 0 Å². The number of aromatic nitrogens is 2. The van der Waals surface area contributed by atoms with Crippen LogP contribution in [0.25, 0.3) is 11.0 Å². The summed E-state index contributed by atoms with van der Waals surface area (Å²) in [5.41, 5.74) is 8.08. The van der Waals surface area contributed by atoms with Gasteiger partial charge in [0.15, 0.2) is 0 Å². The molecule has 98 valence electrons. The van der Waals surface area contributed by atoms with Gasteiger partial charge in [-0.15, -0.1) is 0 Å². The van der Waals surface area contributed by atoms with Crippen LogP contribution < -0.4 is 11.1 Å². The van der Waals surface area contributed by atoms with E-state index in [0.29, 0.717) is 13.2 Å². The molecule has 0 saturated carbocycles. The zero-order chi connectivity index (χ0) is 13.2. The van der Waals surface area contributed by atoms with Crippen LogP contribution in [-0.2, 0) is 4.74 Å². The summed E-state index contributed by atoms with van der Waals surface area (Å²) in [5.74, 6) is 0.739. The van der Waals surface area contributed by atoms with E-state index in [0.717, 1.165) is 22.7 Å². The molecular formula is C13H20N4O. The summed E-state index contributed by atoms with van der Waals surface area (Å²) in [6.45, 7) is 7.47. The number of rotatable bonds is 5. The van der Waals surface area contributed by atoms with Crippen molar-refractivity contribution in [1.82, 2.24) is 9.97 Å². The van der Waals surface area contributed by atoms with Crippen LogP contribution in [0.3, 0.4) is 0 Å². The van der Waals surface area contributed by atoms with Crippen LogP contribution in [0.5, 0.6) is 0 Å². The Hall–Kier alpha value is -1.75. The standard InChI is InChI=1S/C13H20N4O/c1-4-18-13(2,3)8-15-12-16-10-6-5-9(14)7-11(10)17-12/h5-7H,4,8,14H2,1-3H3,(H2,15,16,17). The highest BCUT2D eigenvalue weighted by atomic mass is 16.5. The molecule has 1 aromatic heterocycles. The highest BCUT2D eigenvalue weighted by molar-refractivity contribution is 5.80. The average Bonchev–Trinajstić information content (AvgIpc) is 2.68. The third-order valence-electron chi connectivity index (χ3n) is 2.72. The topological polar surface area (TPSA) is 76.0 Å². The lowest BCUT2D eigenvalue weighted by Gasteiger charge is -2.24. The van der Waals surface area contributed by atoms with E-state index in [9.17, 15) is 0 Å². The summed E-state index contributed by atoms with van der Waals surface area (Å²) in [7, 11) is 0. The summed E-state index contributed by atoms with van der Waals surface area (Å²) < 4.78 is 5.62. The molecule has 0 unspecified atom stereocenters. The quantitative estimate of drug-likeness (QED) is 0.710. The monoisotopic (exact) mass is 248 g/mol. The number of nitrogens with one attached hydrogen (secondary N) is 2. The minimum absolute atomic E-state index is 0.216. The van der Waals surface area contributed by atoms with Crippen LogP contribution in [0.1, 0.15) is 20.8 Å². The number of H-pyrrole nitrogens is 1. The van der Waals surface area contributed by atoms with Gasteiger partial charge in [0.05, 0.1) is 16.6 Å². The third-order valence-corrected chi connectivity index (χ3v) is 2.72. The second-order valence-corrected chi connectivity index (χ2v) is 4.91. The Morgan fingerprint density at radius 2 is 2.22 bits per heavy atom. The molecular weight excluding hydrogens is 228 g/mol. The van der Waals surface area contributed by atoms with Crippen LogP contribution in [0.15, 0.2) is 18.2 Å². The second kappa shape index (κ2) is 4.86. The van der Waals surface area contributed by atoms with Crippen LogP contribution >= 0.6 is 0 Å². The predicted molar refractivity (Wildman–Crippen MR) is 74.7 cm³/mol. The van der Waals surface area contributed by atoms with Gasteiger partial charge in [-0.25, -0.2) is 4.98 Å². The van der Waals surface area contributed by atoms with Crippen molar-refractivity contribution in [3.8, 4) is 0 Å². The molecule has 0 fully saturated rings. The second-order valence-electron chi connectivity index (χ2n) is 4.91. The molecule has 0 amide bonds. The van der Waals surface area contributed by atoms with Gasteiger partial charge in [-0.2, -0.15) is 0 Å². The van der Waals surface area contributed by atoms with Crippen molar-refractivity contribution in [2.75, 3.05) is 24.2 Å². The van der Waals surface area contributed by atoms with E-state index in [-0.39, 0.29) is 5.60 Å². The fourth-order valence-corrected chi connectivity index (χ4v) is 1.85. The Bertz CT molecular complexity index is 533. The molecule has 2 aromatic rings. The molecule has 5 heteroatoms. The van der Waals surface area contributed by atoms with Gasteiger partial charge in [0, 0.05) is 18.8 Å². The molecule has 5 nitrogen and oxygen atoms in total. The lowest BCUT2D eigenvalue weighted by Crippen LogP contribution is -2.33.